The number of amides is 2. The minimum Gasteiger partial charge on any atom is -0.340 e. The maximum atomic E-state index is 13.0. The smallest absolute Gasteiger partial charge is 0.249 e. The van der Waals surface area contributed by atoms with Gasteiger partial charge in [-0.05, 0) is 38.5 Å². The van der Waals surface area contributed by atoms with Crippen molar-refractivity contribution < 1.29 is 9.59 Å². The lowest BCUT2D eigenvalue weighted by Crippen LogP contribution is -2.71. The summed E-state index contributed by atoms with van der Waals surface area (Å²) in [6, 6.07) is -0.230. The van der Waals surface area contributed by atoms with Crippen LogP contribution in [0.15, 0.2) is 12.2 Å². The zero-order chi connectivity index (χ0) is 14.2. The highest BCUT2D eigenvalue weighted by Gasteiger charge is 2.54. The van der Waals surface area contributed by atoms with Crippen LogP contribution in [0.5, 0.6) is 0 Å². The normalized spacial score (nSPS) is 30.1. The highest BCUT2D eigenvalue weighted by atomic mass is 16.2. The summed E-state index contributed by atoms with van der Waals surface area (Å²) in [7, 11) is 0. The second-order valence-corrected chi connectivity index (χ2v) is 6.44. The van der Waals surface area contributed by atoms with Crippen molar-refractivity contribution in [3.63, 3.8) is 0 Å². The van der Waals surface area contributed by atoms with Gasteiger partial charge in [-0.15, -0.1) is 0 Å². The third-order valence-electron chi connectivity index (χ3n) is 4.95. The fourth-order valence-corrected chi connectivity index (χ4v) is 3.70. The lowest BCUT2D eigenvalue weighted by Gasteiger charge is -2.47. The van der Waals surface area contributed by atoms with Crippen LogP contribution in [0.1, 0.15) is 51.9 Å². The number of rotatable bonds is 3. The summed E-state index contributed by atoms with van der Waals surface area (Å²) >= 11 is 0. The minimum absolute atomic E-state index is 0.0819. The number of carbonyl (C=O) groups is 2. The van der Waals surface area contributed by atoms with E-state index in [-0.39, 0.29) is 17.9 Å². The van der Waals surface area contributed by atoms with Gasteiger partial charge in [-0.3, -0.25) is 9.59 Å². The van der Waals surface area contributed by atoms with Gasteiger partial charge in [0.1, 0.15) is 11.6 Å². The average molecular weight is 276 g/mol. The Labute approximate surface area is 120 Å². The lowest BCUT2D eigenvalue weighted by molar-refractivity contribution is -0.156. The largest absolute Gasteiger partial charge is 0.340 e. The number of nitrogens with one attached hydrogen (secondary N) is 1. The molecule has 1 spiro atoms. The molecule has 0 aromatic heterocycles. The highest BCUT2D eigenvalue weighted by Crippen LogP contribution is 2.41. The summed E-state index contributed by atoms with van der Waals surface area (Å²) in [5.41, 5.74) is -0.595. The summed E-state index contributed by atoms with van der Waals surface area (Å²) in [5, 5.41) is 3.11. The van der Waals surface area contributed by atoms with Crippen LogP contribution in [-0.4, -0.2) is 34.8 Å². The van der Waals surface area contributed by atoms with Crippen LogP contribution in [0.25, 0.3) is 0 Å². The Morgan fingerprint density at radius 1 is 1.25 bits per heavy atom. The van der Waals surface area contributed by atoms with Crippen molar-refractivity contribution >= 4 is 11.8 Å². The van der Waals surface area contributed by atoms with E-state index in [2.05, 4.69) is 5.32 Å². The molecule has 0 radical (unpaired) electrons. The molecule has 20 heavy (non-hydrogen) atoms. The van der Waals surface area contributed by atoms with E-state index in [4.69, 9.17) is 0 Å². The van der Waals surface area contributed by atoms with E-state index in [0.29, 0.717) is 12.5 Å². The fraction of sp³-hybridized carbons (Fsp3) is 0.750. The Bertz CT molecular complexity index is 434. The van der Waals surface area contributed by atoms with Gasteiger partial charge in [-0.1, -0.05) is 31.4 Å². The Kier molecular flexibility index (Phi) is 3.57. The second-order valence-electron chi connectivity index (χ2n) is 6.44. The van der Waals surface area contributed by atoms with Gasteiger partial charge in [-0.25, -0.2) is 0 Å². The molecule has 3 rings (SSSR count). The van der Waals surface area contributed by atoms with Crippen LogP contribution in [0.2, 0.25) is 0 Å². The Morgan fingerprint density at radius 3 is 2.55 bits per heavy atom. The molecule has 1 aliphatic heterocycles. The predicted octanol–water partition coefficient (Wildman–Crippen LogP) is 2.00. The Balaban J connectivity index is 1.87. The number of allylic oxidation sites excluding steroid dienone is 1. The van der Waals surface area contributed by atoms with E-state index in [1.54, 1.807) is 0 Å². The number of nitrogens with zero attached hydrogens (tertiary/aromatic N) is 1. The van der Waals surface area contributed by atoms with Crippen molar-refractivity contribution in [2.24, 2.45) is 5.92 Å². The Morgan fingerprint density at radius 2 is 1.95 bits per heavy atom. The maximum absolute atomic E-state index is 13.0. The molecule has 1 heterocycles. The standard InChI is InChI=1S/C16H24N2O2/c1-2-3-11-18-13(12-7-8-12)14(19)17-16(15(18)20)9-5-4-6-10-16/h2-3,12-13H,4-11H2,1H3,(H,17,19)/b3-2+. The molecule has 1 saturated heterocycles. The van der Waals surface area contributed by atoms with Gasteiger partial charge >= 0.3 is 0 Å². The molecule has 1 atom stereocenters. The van der Waals surface area contributed by atoms with Gasteiger partial charge in [0.25, 0.3) is 0 Å². The molecule has 2 amide bonds. The molecule has 2 aliphatic carbocycles. The molecule has 110 valence electrons. The molecule has 4 heteroatoms. The van der Waals surface area contributed by atoms with Crippen LogP contribution in [0, 0.1) is 5.92 Å². The molecule has 4 nitrogen and oxygen atoms in total. The quantitative estimate of drug-likeness (QED) is 0.802. The van der Waals surface area contributed by atoms with Crippen molar-refractivity contribution in [2.45, 2.75) is 63.5 Å². The second kappa shape index (κ2) is 5.23. The van der Waals surface area contributed by atoms with Gasteiger partial charge < -0.3 is 10.2 Å². The van der Waals surface area contributed by atoms with E-state index >= 15 is 0 Å². The Hall–Kier alpha value is -1.32. The third kappa shape index (κ3) is 2.25. The first-order valence-corrected chi connectivity index (χ1v) is 7.92. The van der Waals surface area contributed by atoms with Crippen molar-refractivity contribution in [3.8, 4) is 0 Å². The predicted molar refractivity (Wildman–Crippen MR) is 77.0 cm³/mol. The molecule has 3 aliphatic rings. The van der Waals surface area contributed by atoms with Crippen LogP contribution in [0.4, 0.5) is 0 Å². The first kappa shape index (κ1) is 13.7. The monoisotopic (exact) mass is 276 g/mol. The molecule has 1 N–H and O–H groups in total. The number of piperazine rings is 1. The summed E-state index contributed by atoms with van der Waals surface area (Å²) < 4.78 is 0. The molecule has 1 unspecified atom stereocenters. The van der Waals surface area contributed by atoms with E-state index in [1.165, 1.54) is 6.42 Å². The summed E-state index contributed by atoms with van der Waals surface area (Å²) in [6.45, 7) is 2.53. The summed E-state index contributed by atoms with van der Waals surface area (Å²) in [5.74, 6) is 0.621. The molecule has 0 bridgehead atoms. The van der Waals surface area contributed by atoms with Gasteiger partial charge in [0.2, 0.25) is 11.8 Å². The number of hydrogen-bond acceptors (Lipinski definition) is 2. The van der Waals surface area contributed by atoms with Gasteiger partial charge in [0, 0.05) is 6.54 Å². The van der Waals surface area contributed by atoms with Gasteiger partial charge in [-0.2, -0.15) is 0 Å². The number of carbonyl (C=O) groups excluding carboxylic acids is 2. The third-order valence-corrected chi connectivity index (χ3v) is 4.95. The van der Waals surface area contributed by atoms with Gasteiger partial charge in [0.05, 0.1) is 0 Å². The van der Waals surface area contributed by atoms with E-state index < -0.39 is 5.54 Å². The highest BCUT2D eigenvalue weighted by molar-refractivity contribution is 6.00. The maximum Gasteiger partial charge on any atom is 0.249 e. The molecular formula is C16H24N2O2. The van der Waals surface area contributed by atoms with Gasteiger partial charge in [0.15, 0.2) is 0 Å². The topological polar surface area (TPSA) is 49.4 Å². The lowest BCUT2D eigenvalue weighted by atomic mass is 9.78. The van der Waals surface area contributed by atoms with E-state index in [9.17, 15) is 9.59 Å². The SMILES string of the molecule is C/C=C/CN1C(=O)C2(CCCCC2)NC(=O)C1C1CC1. The first-order chi connectivity index (χ1) is 9.68. The minimum atomic E-state index is -0.595. The average Bonchev–Trinajstić information content (AvgIpc) is 3.26. The van der Waals surface area contributed by atoms with Crippen molar-refractivity contribution in [1.29, 1.82) is 0 Å². The van der Waals surface area contributed by atoms with E-state index in [0.717, 1.165) is 38.5 Å². The molecular weight excluding hydrogens is 252 g/mol. The van der Waals surface area contributed by atoms with Crippen LogP contribution >= 0.6 is 0 Å². The van der Waals surface area contributed by atoms with E-state index in [1.807, 2.05) is 24.0 Å². The zero-order valence-corrected chi connectivity index (χ0v) is 12.2. The fourth-order valence-electron chi connectivity index (χ4n) is 3.70. The summed E-state index contributed by atoms with van der Waals surface area (Å²) in [6.07, 6.45) is 11.0. The zero-order valence-electron chi connectivity index (χ0n) is 12.2. The van der Waals surface area contributed by atoms with Crippen LogP contribution < -0.4 is 5.32 Å². The van der Waals surface area contributed by atoms with Crippen LogP contribution in [0.3, 0.4) is 0 Å². The van der Waals surface area contributed by atoms with Crippen LogP contribution in [-0.2, 0) is 9.59 Å². The van der Waals surface area contributed by atoms with Crippen molar-refractivity contribution in [3.05, 3.63) is 12.2 Å². The summed E-state index contributed by atoms with van der Waals surface area (Å²) in [4.78, 5) is 27.4. The van der Waals surface area contributed by atoms with Crippen molar-refractivity contribution in [2.75, 3.05) is 6.54 Å². The molecule has 2 saturated carbocycles. The molecule has 0 aromatic carbocycles. The molecule has 3 fully saturated rings. The first-order valence-electron chi connectivity index (χ1n) is 7.92. The molecule has 0 aromatic rings. The van der Waals surface area contributed by atoms with Crippen molar-refractivity contribution in [1.82, 2.24) is 10.2 Å². The number of hydrogen-bond donors (Lipinski definition) is 1.